The number of aliphatic hydroxyl groups excluding tert-OH is 1. The standard InChI is InChI=1S/C10H15N3O2/c1-7(2)9(14)3-10(11)15-8-4-12-6-13-5-8/h4-7,9,11,14H,3H2,1-2H3. The highest BCUT2D eigenvalue weighted by Crippen LogP contribution is 2.10. The molecule has 0 spiro atoms. The fourth-order valence-corrected chi connectivity index (χ4v) is 0.948. The van der Waals surface area contributed by atoms with Gasteiger partial charge in [0, 0.05) is 6.42 Å². The van der Waals surface area contributed by atoms with Crippen molar-refractivity contribution in [1.29, 1.82) is 5.41 Å². The van der Waals surface area contributed by atoms with Crippen LogP contribution in [0.4, 0.5) is 0 Å². The third kappa shape index (κ3) is 4.03. The lowest BCUT2D eigenvalue weighted by atomic mass is 10.0. The summed E-state index contributed by atoms with van der Waals surface area (Å²) >= 11 is 0. The van der Waals surface area contributed by atoms with Gasteiger partial charge in [-0.2, -0.15) is 0 Å². The molecule has 1 unspecified atom stereocenters. The molecule has 0 saturated heterocycles. The molecule has 15 heavy (non-hydrogen) atoms. The molecule has 0 fully saturated rings. The van der Waals surface area contributed by atoms with Gasteiger partial charge in [-0.25, -0.2) is 9.97 Å². The van der Waals surface area contributed by atoms with Gasteiger partial charge in [0.2, 0.25) is 0 Å². The molecule has 5 heteroatoms. The van der Waals surface area contributed by atoms with E-state index in [1.165, 1.54) is 18.7 Å². The molecule has 0 amide bonds. The van der Waals surface area contributed by atoms with E-state index in [-0.39, 0.29) is 18.2 Å². The van der Waals surface area contributed by atoms with Crippen LogP contribution in [0.25, 0.3) is 0 Å². The first-order chi connectivity index (χ1) is 7.09. The van der Waals surface area contributed by atoms with E-state index < -0.39 is 6.10 Å². The van der Waals surface area contributed by atoms with Crippen LogP contribution in [0.15, 0.2) is 18.7 Å². The number of nitrogens with one attached hydrogen (secondary N) is 1. The van der Waals surface area contributed by atoms with Gasteiger partial charge in [-0.05, 0) is 5.92 Å². The highest BCUT2D eigenvalue weighted by molar-refractivity contribution is 5.75. The molecular formula is C10H15N3O2. The second kappa shape index (κ2) is 5.41. The Labute approximate surface area is 88.7 Å². The Balaban J connectivity index is 2.43. The summed E-state index contributed by atoms with van der Waals surface area (Å²) in [5, 5.41) is 17.0. The molecule has 0 aromatic carbocycles. The first-order valence-electron chi connectivity index (χ1n) is 4.78. The zero-order valence-corrected chi connectivity index (χ0v) is 8.84. The summed E-state index contributed by atoms with van der Waals surface area (Å²) in [5.74, 6) is 0.547. The molecule has 1 atom stereocenters. The summed E-state index contributed by atoms with van der Waals surface area (Å²) in [4.78, 5) is 7.51. The third-order valence-corrected chi connectivity index (χ3v) is 1.94. The molecular weight excluding hydrogens is 194 g/mol. The molecule has 0 radical (unpaired) electrons. The van der Waals surface area contributed by atoms with E-state index in [9.17, 15) is 5.11 Å². The van der Waals surface area contributed by atoms with Crippen LogP contribution in [0.3, 0.4) is 0 Å². The van der Waals surface area contributed by atoms with E-state index in [2.05, 4.69) is 9.97 Å². The van der Waals surface area contributed by atoms with Gasteiger partial charge in [0.05, 0.1) is 18.5 Å². The molecule has 2 N–H and O–H groups in total. The molecule has 0 saturated carbocycles. The van der Waals surface area contributed by atoms with Crippen LogP contribution in [0.5, 0.6) is 5.75 Å². The predicted octanol–water partition coefficient (Wildman–Crippen LogP) is 1.24. The van der Waals surface area contributed by atoms with Crippen molar-refractivity contribution in [1.82, 2.24) is 9.97 Å². The number of aliphatic hydroxyl groups is 1. The Hall–Kier alpha value is -1.49. The predicted molar refractivity (Wildman–Crippen MR) is 55.8 cm³/mol. The zero-order valence-electron chi connectivity index (χ0n) is 8.84. The maximum Gasteiger partial charge on any atom is 0.190 e. The first kappa shape index (κ1) is 11.6. The molecule has 0 aliphatic rings. The second-order valence-electron chi connectivity index (χ2n) is 3.61. The van der Waals surface area contributed by atoms with Gasteiger partial charge in [-0.3, -0.25) is 5.41 Å². The van der Waals surface area contributed by atoms with Gasteiger partial charge in [0.15, 0.2) is 11.6 Å². The van der Waals surface area contributed by atoms with Crippen LogP contribution in [0.1, 0.15) is 20.3 Å². The van der Waals surface area contributed by atoms with Gasteiger partial charge in [-0.15, -0.1) is 0 Å². The second-order valence-corrected chi connectivity index (χ2v) is 3.61. The minimum atomic E-state index is -0.554. The summed E-state index contributed by atoms with van der Waals surface area (Å²) in [6, 6.07) is 0. The Morgan fingerprint density at radius 2 is 2.07 bits per heavy atom. The lowest BCUT2D eigenvalue weighted by Gasteiger charge is -2.14. The van der Waals surface area contributed by atoms with Gasteiger partial charge in [0.25, 0.3) is 0 Å². The Bertz CT molecular complexity index is 314. The van der Waals surface area contributed by atoms with Gasteiger partial charge in [0.1, 0.15) is 6.33 Å². The smallest absolute Gasteiger partial charge is 0.190 e. The molecule has 0 aliphatic heterocycles. The van der Waals surface area contributed by atoms with Gasteiger partial charge < -0.3 is 9.84 Å². The van der Waals surface area contributed by atoms with E-state index in [1.807, 2.05) is 13.8 Å². The van der Waals surface area contributed by atoms with E-state index >= 15 is 0 Å². The lowest BCUT2D eigenvalue weighted by molar-refractivity contribution is 0.128. The number of aromatic nitrogens is 2. The van der Waals surface area contributed by atoms with Crippen molar-refractivity contribution >= 4 is 5.90 Å². The Morgan fingerprint density at radius 1 is 1.47 bits per heavy atom. The minimum Gasteiger partial charge on any atom is -0.440 e. The molecule has 0 aliphatic carbocycles. The lowest BCUT2D eigenvalue weighted by Crippen LogP contribution is -2.21. The number of hydrogen-bond acceptors (Lipinski definition) is 5. The summed E-state index contributed by atoms with van der Waals surface area (Å²) < 4.78 is 5.13. The number of ether oxygens (including phenoxy) is 1. The molecule has 1 rings (SSSR count). The summed E-state index contributed by atoms with van der Waals surface area (Å²) in [5.41, 5.74) is 0. The maximum absolute atomic E-state index is 9.52. The Kier molecular flexibility index (Phi) is 4.17. The summed E-state index contributed by atoms with van der Waals surface area (Å²) in [6.07, 6.45) is 3.99. The quantitative estimate of drug-likeness (QED) is 0.577. The monoisotopic (exact) mass is 209 g/mol. The van der Waals surface area contributed by atoms with Crippen LogP contribution < -0.4 is 4.74 Å². The van der Waals surface area contributed by atoms with Crippen molar-refractivity contribution in [3.63, 3.8) is 0 Å². The van der Waals surface area contributed by atoms with E-state index in [4.69, 9.17) is 10.1 Å². The average molecular weight is 209 g/mol. The van der Waals surface area contributed by atoms with Crippen molar-refractivity contribution in [3.8, 4) is 5.75 Å². The maximum atomic E-state index is 9.52. The topological polar surface area (TPSA) is 79.1 Å². The number of rotatable bonds is 4. The molecule has 5 nitrogen and oxygen atoms in total. The van der Waals surface area contributed by atoms with Gasteiger partial charge >= 0.3 is 0 Å². The van der Waals surface area contributed by atoms with Crippen LogP contribution in [0, 0.1) is 11.3 Å². The van der Waals surface area contributed by atoms with Crippen molar-refractivity contribution in [2.24, 2.45) is 5.92 Å². The van der Waals surface area contributed by atoms with Crippen molar-refractivity contribution in [2.75, 3.05) is 0 Å². The number of nitrogens with zero attached hydrogens (tertiary/aromatic N) is 2. The highest BCUT2D eigenvalue weighted by atomic mass is 16.5. The van der Waals surface area contributed by atoms with Crippen LogP contribution in [-0.4, -0.2) is 27.1 Å². The molecule has 0 bridgehead atoms. The highest BCUT2D eigenvalue weighted by Gasteiger charge is 2.13. The van der Waals surface area contributed by atoms with Crippen LogP contribution in [-0.2, 0) is 0 Å². The largest absolute Gasteiger partial charge is 0.440 e. The van der Waals surface area contributed by atoms with E-state index in [0.717, 1.165) is 0 Å². The van der Waals surface area contributed by atoms with Gasteiger partial charge in [-0.1, -0.05) is 13.8 Å². The fraction of sp³-hybridized carbons (Fsp3) is 0.500. The third-order valence-electron chi connectivity index (χ3n) is 1.94. The van der Waals surface area contributed by atoms with Crippen molar-refractivity contribution in [2.45, 2.75) is 26.4 Å². The molecule has 1 aromatic heterocycles. The van der Waals surface area contributed by atoms with Crippen LogP contribution >= 0.6 is 0 Å². The Morgan fingerprint density at radius 3 is 2.60 bits per heavy atom. The van der Waals surface area contributed by atoms with Crippen LogP contribution in [0.2, 0.25) is 0 Å². The van der Waals surface area contributed by atoms with Crippen molar-refractivity contribution < 1.29 is 9.84 Å². The SMILES string of the molecule is CC(C)C(O)CC(=N)Oc1cncnc1. The summed E-state index contributed by atoms with van der Waals surface area (Å²) in [7, 11) is 0. The fourth-order valence-electron chi connectivity index (χ4n) is 0.948. The molecule has 1 heterocycles. The summed E-state index contributed by atoms with van der Waals surface area (Å²) in [6.45, 7) is 3.78. The normalized spacial score (nSPS) is 12.5. The average Bonchev–Trinajstić information content (AvgIpc) is 2.18. The molecule has 82 valence electrons. The van der Waals surface area contributed by atoms with Crippen molar-refractivity contribution in [3.05, 3.63) is 18.7 Å². The minimum absolute atomic E-state index is 0.0194. The molecule has 1 aromatic rings. The van der Waals surface area contributed by atoms with E-state index in [1.54, 1.807) is 0 Å². The number of hydrogen-bond donors (Lipinski definition) is 2. The zero-order chi connectivity index (χ0) is 11.3. The van der Waals surface area contributed by atoms with E-state index in [0.29, 0.717) is 5.75 Å². The first-order valence-corrected chi connectivity index (χ1v) is 4.78.